The van der Waals surface area contributed by atoms with Crippen LogP contribution in [0.15, 0.2) is 41.1 Å². The highest BCUT2D eigenvalue weighted by molar-refractivity contribution is 9.10. The Morgan fingerprint density at radius 2 is 1.86 bits per heavy atom. The quantitative estimate of drug-likeness (QED) is 0.927. The molecule has 0 unspecified atom stereocenters. The minimum atomic E-state index is -0.173. The first-order chi connectivity index (χ1) is 10.2. The zero-order chi connectivity index (χ0) is 14.7. The molecule has 6 heteroatoms. The first-order valence-electron chi connectivity index (χ1n) is 6.86. The third kappa shape index (κ3) is 3.39. The molecule has 1 aromatic carbocycles. The van der Waals surface area contributed by atoms with Crippen LogP contribution in [0.3, 0.4) is 0 Å². The Kier molecular flexibility index (Phi) is 4.15. The number of aromatic nitrogens is 2. The lowest BCUT2D eigenvalue weighted by molar-refractivity contribution is 0.102. The number of hydrogen-bond acceptors (Lipinski definition) is 4. The summed E-state index contributed by atoms with van der Waals surface area (Å²) in [6.45, 7) is 2.02. The third-order valence-electron chi connectivity index (χ3n) is 3.43. The molecule has 0 spiro atoms. The van der Waals surface area contributed by atoms with Crippen molar-refractivity contribution in [3.05, 3.63) is 46.7 Å². The monoisotopic (exact) mass is 346 g/mol. The van der Waals surface area contributed by atoms with Gasteiger partial charge in [0.15, 0.2) is 0 Å². The van der Waals surface area contributed by atoms with Crippen molar-refractivity contribution in [2.45, 2.75) is 12.8 Å². The van der Waals surface area contributed by atoms with E-state index < -0.39 is 0 Å². The van der Waals surface area contributed by atoms with Gasteiger partial charge in [0, 0.05) is 29.2 Å². The van der Waals surface area contributed by atoms with Crippen molar-refractivity contribution in [2.24, 2.45) is 0 Å². The summed E-state index contributed by atoms with van der Waals surface area (Å²) in [5.74, 6) is 1.22. The van der Waals surface area contributed by atoms with Crippen molar-refractivity contribution in [3.63, 3.8) is 0 Å². The van der Waals surface area contributed by atoms with Gasteiger partial charge in [-0.2, -0.15) is 0 Å². The van der Waals surface area contributed by atoms with Crippen LogP contribution in [0.2, 0.25) is 0 Å². The molecule has 108 valence electrons. The van der Waals surface area contributed by atoms with Crippen LogP contribution in [0.4, 0.5) is 11.6 Å². The lowest BCUT2D eigenvalue weighted by atomic mass is 10.2. The molecule has 1 aromatic heterocycles. The van der Waals surface area contributed by atoms with Gasteiger partial charge in [0.25, 0.3) is 5.91 Å². The van der Waals surface area contributed by atoms with E-state index in [1.807, 2.05) is 18.2 Å². The summed E-state index contributed by atoms with van der Waals surface area (Å²) in [4.78, 5) is 22.7. The Hall–Kier alpha value is -1.95. The van der Waals surface area contributed by atoms with Gasteiger partial charge in [0.05, 0.1) is 0 Å². The molecule has 0 bridgehead atoms. The minimum absolute atomic E-state index is 0.173. The Labute approximate surface area is 131 Å². The molecule has 1 fully saturated rings. The predicted octanol–water partition coefficient (Wildman–Crippen LogP) is 3.09. The maximum Gasteiger partial charge on any atom is 0.256 e. The van der Waals surface area contributed by atoms with Crippen molar-refractivity contribution in [1.82, 2.24) is 9.97 Å². The molecule has 0 radical (unpaired) electrons. The molecule has 5 nitrogen and oxygen atoms in total. The van der Waals surface area contributed by atoms with Gasteiger partial charge in [0.1, 0.15) is 18.0 Å². The van der Waals surface area contributed by atoms with Gasteiger partial charge >= 0.3 is 0 Å². The normalized spacial score (nSPS) is 14.2. The van der Waals surface area contributed by atoms with Crippen LogP contribution in [0, 0.1) is 0 Å². The number of nitrogens with one attached hydrogen (secondary N) is 1. The van der Waals surface area contributed by atoms with Crippen LogP contribution >= 0.6 is 15.9 Å². The van der Waals surface area contributed by atoms with E-state index in [1.54, 1.807) is 12.1 Å². The zero-order valence-corrected chi connectivity index (χ0v) is 13.0. The summed E-state index contributed by atoms with van der Waals surface area (Å²) in [5.41, 5.74) is 0.597. The van der Waals surface area contributed by atoms with Crippen molar-refractivity contribution in [3.8, 4) is 0 Å². The number of rotatable bonds is 3. The van der Waals surface area contributed by atoms with Gasteiger partial charge in [-0.25, -0.2) is 9.97 Å². The summed E-state index contributed by atoms with van der Waals surface area (Å²) in [6.07, 6.45) is 3.86. The number of benzene rings is 1. The van der Waals surface area contributed by atoms with E-state index in [0.717, 1.165) is 23.4 Å². The number of amides is 1. The molecular weight excluding hydrogens is 332 g/mol. The molecule has 0 saturated carbocycles. The fraction of sp³-hybridized carbons (Fsp3) is 0.267. The van der Waals surface area contributed by atoms with Gasteiger partial charge in [0.2, 0.25) is 0 Å². The van der Waals surface area contributed by atoms with Gasteiger partial charge in [-0.15, -0.1) is 0 Å². The van der Waals surface area contributed by atoms with E-state index >= 15 is 0 Å². The Bertz CT molecular complexity index is 638. The van der Waals surface area contributed by atoms with Crippen LogP contribution in [-0.2, 0) is 0 Å². The van der Waals surface area contributed by atoms with Gasteiger partial charge in [-0.3, -0.25) is 4.79 Å². The minimum Gasteiger partial charge on any atom is -0.356 e. The number of halogens is 1. The van der Waals surface area contributed by atoms with Crippen LogP contribution < -0.4 is 10.2 Å². The average molecular weight is 347 g/mol. The first-order valence-corrected chi connectivity index (χ1v) is 7.65. The Morgan fingerprint density at radius 1 is 1.14 bits per heavy atom. The molecular formula is C15H15BrN4O. The second-order valence-electron chi connectivity index (χ2n) is 4.92. The molecule has 1 aliphatic rings. The standard InChI is InChI=1S/C15H15BrN4O/c16-12-5-3-11(4-6-12)15(21)19-13-9-14(18-10-17-13)20-7-1-2-8-20/h3-6,9-10H,1-2,7-8H2,(H,17,18,19,21). The van der Waals surface area contributed by atoms with Crippen LogP contribution in [-0.4, -0.2) is 29.0 Å². The Balaban J connectivity index is 1.73. The number of carbonyl (C=O) groups is 1. The van der Waals surface area contributed by atoms with Crippen molar-refractivity contribution in [2.75, 3.05) is 23.3 Å². The van der Waals surface area contributed by atoms with Crippen LogP contribution in [0.1, 0.15) is 23.2 Å². The summed E-state index contributed by atoms with van der Waals surface area (Å²) in [5, 5.41) is 2.81. The molecule has 2 aromatic rings. The molecule has 0 atom stereocenters. The number of hydrogen-bond donors (Lipinski definition) is 1. The highest BCUT2D eigenvalue weighted by Crippen LogP contribution is 2.19. The lowest BCUT2D eigenvalue weighted by Gasteiger charge is -2.16. The zero-order valence-electron chi connectivity index (χ0n) is 11.4. The molecule has 1 amide bonds. The summed E-state index contributed by atoms with van der Waals surface area (Å²) < 4.78 is 0.942. The molecule has 2 heterocycles. The number of nitrogens with zero attached hydrogens (tertiary/aromatic N) is 3. The molecule has 21 heavy (non-hydrogen) atoms. The molecule has 0 aliphatic carbocycles. The van der Waals surface area contributed by atoms with E-state index in [1.165, 1.54) is 19.2 Å². The first kappa shape index (κ1) is 14.0. The molecule has 3 rings (SSSR count). The molecule has 1 saturated heterocycles. The van der Waals surface area contributed by atoms with Gasteiger partial charge < -0.3 is 10.2 Å². The van der Waals surface area contributed by atoms with Crippen LogP contribution in [0.5, 0.6) is 0 Å². The maximum absolute atomic E-state index is 12.2. The molecule has 1 aliphatic heterocycles. The Morgan fingerprint density at radius 3 is 2.57 bits per heavy atom. The fourth-order valence-corrected chi connectivity index (χ4v) is 2.59. The number of carbonyl (C=O) groups excluding carboxylic acids is 1. The largest absolute Gasteiger partial charge is 0.356 e. The number of anilines is 2. The van der Waals surface area contributed by atoms with E-state index in [-0.39, 0.29) is 5.91 Å². The van der Waals surface area contributed by atoms with Crippen molar-refractivity contribution < 1.29 is 4.79 Å². The highest BCUT2D eigenvalue weighted by Gasteiger charge is 2.15. The maximum atomic E-state index is 12.2. The lowest BCUT2D eigenvalue weighted by Crippen LogP contribution is -2.20. The second-order valence-corrected chi connectivity index (χ2v) is 5.83. The van der Waals surface area contributed by atoms with Crippen molar-refractivity contribution in [1.29, 1.82) is 0 Å². The highest BCUT2D eigenvalue weighted by atomic mass is 79.9. The smallest absolute Gasteiger partial charge is 0.256 e. The average Bonchev–Trinajstić information content (AvgIpc) is 3.02. The van der Waals surface area contributed by atoms with E-state index in [4.69, 9.17) is 0 Å². The SMILES string of the molecule is O=C(Nc1cc(N2CCCC2)ncn1)c1ccc(Br)cc1. The van der Waals surface area contributed by atoms with E-state index in [2.05, 4.69) is 36.1 Å². The van der Waals surface area contributed by atoms with Crippen molar-refractivity contribution >= 4 is 33.5 Å². The fourth-order valence-electron chi connectivity index (χ4n) is 2.32. The van der Waals surface area contributed by atoms with Gasteiger partial charge in [-0.1, -0.05) is 15.9 Å². The van der Waals surface area contributed by atoms with Crippen LogP contribution in [0.25, 0.3) is 0 Å². The molecule has 1 N–H and O–H groups in total. The third-order valence-corrected chi connectivity index (χ3v) is 3.96. The van der Waals surface area contributed by atoms with E-state index in [0.29, 0.717) is 11.4 Å². The summed E-state index contributed by atoms with van der Waals surface area (Å²) in [6, 6.07) is 9.03. The second kappa shape index (κ2) is 6.22. The summed E-state index contributed by atoms with van der Waals surface area (Å²) in [7, 11) is 0. The summed E-state index contributed by atoms with van der Waals surface area (Å²) >= 11 is 3.35. The topological polar surface area (TPSA) is 58.1 Å². The predicted molar refractivity (Wildman–Crippen MR) is 85.6 cm³/mol. The van der Waals surface area contributed by atoms with E-state index in [9.17, 15) is 4.79 Å². The van der Waals surface area contributed by atoms with Gasteiger partial charge in [-0.05, 0) is 37.1 Å².